The summed E-state index contributed by atoms with van der Waals surface area (Å²) in [5.74, 6) is -0.769. The van der Waals surface area contributed by atoms with Gasteiger partial charge in [-0.15, -0.1) is 0 Å². The minimum Gasteiger partial charge on any atom is -0.490 e. The standard InChI is InChI=1S/C25H29N3O6/c1-14-8-15(2)10-17(9-14)27-25(32)26-16-4-7-21-19(11-16)24(31)28(3)20-6-5-18(12-23(29)30)34-22(20)13-33-21/h4,7-11,18,20,22H,5-6,12-13H2,1-3H3,(H,29,30)(H2,26,27,32)/t18-,20+,22-/m1/s1. The van der Waals surface area contributed by atoms with Crippen molar-refractivity contribution in [2.24, 2.45) is 0 Å². The molecular formula is C25H29N3O6. The molecule has 0 bridgehead atoms. The van der Waals surface area contributed by atoms with Crippen LogP contribution in [0.4, 0.5) is 16.2 Å². The van der Waals surface area contributed by atoms with Crippen molar-refractivity contribution in [1.82, 2.24) is 4.90 Å². The molecule has 0 aromatic heterocycles. The number of anilines is 2. The maximum Gasteiger partial charge on any atom is 0.323 e. The SMILES string of the molecule is Cc1cc(C)cc(NC(=O)Nc2ccc3c(c2)C(=O)N(C)[C@H]2CC[C@H](CC(=O)O)O[C@@H]2CO3)c1. The van der Waals surface area contributed by atoms with Crippen molar-refractivity contribution in [3.05, 3.63) is 53.1 Å². The van der Waals surface area contributed by atoms with Gasteiger partial charge in [-0.05, 0) is 68.1 Å². The Kier molecular flexibility index (Phi) is 6.74. The number of likely N-dealkylation sites (N-methyl/N-ethyl adjacent to an activating group) is 1. The molecule has 0 unspecified atom stereocenters. The number of nitrogens with one attached hydrogen (secondary N) is 2. The van der Waals surface area contributed by atoms with E-state index in [1.165, 1.54) is 0 Å². The minimum atomic E-state index is -0.911. The van der Waals surface area contributed by atoms with E-state index in [4.69, 9.17) is 14.6 Å². The first-order valence-electron chi connectivity index (χ1n) is 11.3. The molecule has 2 aliphatic heterocycles. The predicted molar refractivity (Wildman–Crippen MR) is 127 cm³/mol. The predicted octanol–water partition coefficient (Wildman–Crippen LogP) is 3.80. The number of nitrogens with zero attached hydrogens (tertiary/aromatic N) is 1. The average Bonchev–Trinajstić information content (AvgIpc) is 2.75. The van der Waals surface area contributed by atoms with E-state index >= 15 is 0 Å². The first-order chi connectivity index (χ1) is 16.2. The molecule has 0 aliphatic carbocycles. The summed E-state index contributed by atoms with van der Waals surface area (Å²) in [6.45, 7) is 4.12. The van der Waals surface area contributed by atoms with Gasteiger partial charge in [-0.3, -0.25) is 9.59 Å². The Labute approximate surface area is 198 Å². The molecule has 2 aliphatic rings. The molecule has 3 amide bonds. The maximum atomic E-state index is 13.3. The Hall–Kier alpha value is -3.59. The number of hydrogen-bond donors (Lipinski definition) is 3. The van der Waals surface area contributed by atoms with Crippen molar-refractivity contribution in [1.29, 1.82) is 0 Å². The van der Waals surface area contributed by atoms with E-state index in [9.17, 15) is 14.4 Å². The second kappa shape index (κ2) is 9.72. The zero-order valence-corrected chi connectivity index (χ0v) is 19.5. The molecule has 2 heterocycles. The number of urea groups is 1. The maximum absolute atomic E-state index is 13.3. The molecule has 180 valence electrons. The fraction of sp³-hybridized carbons (Fsp3) is 0.400. The molecule has 0 spiro atoms. The Morgan fingerprint density at radius 2 is 1.76 bits per heavy atom. The fourth-order valence-electron chi connectivity index (χ4n) is 4.64. The number of carbonyl (C=O) groups excluding carboxylic acids is 2. The number of rotatable bonds is 4. The van der Waals surface area contributed by atoms with E-state index in [0.29, 0.717) is 35.5 Å². The van der Waals surface area contributed by atoms with Gasteiger partial charge in [0.1, 0.15) is 18.5 Å². The van der Waals surface area contributed by atoms with Gasteiger partial charge in [0.15, 0.2) is 0 Å². The van der Waals surface area contributed by atoms with Gasteiger partial charge >= 0.3 is 12.0 Å². The highest BCUT2D eigenvalue weighted by Crippen LogP contribution is 2.32. The Balaban J connectivity index is 1.48. The monoisotopic (exact) mass is 467 g/mol. The van der Waals surface area contributed by atoms with Crippen molar-refractivity contribution in [3.8, 4) is 5.75 Å². The van der Waals surface area contributed by atoms with Crippen LogP contribution in [0.5, 0.6) is 5.75 Å². The van der Waals surface area contributed by atoms with Gasteiger partial charge in [-0.2, -0.15) is 0 Å². The van der Waals surface area contributed by atoms with Gasteiger partial charge in [0.25, 0.3) is 5.91 Å². The third kappa shape index (κ3) is 5.31. The number of amides is 3. The van der Waals surface area contributed by atoms with Gasteiger partial charge in [-0.25, -0.2) is 4.79 Å². The van der Waals surface area contributed by atoms with Crippen molar-refractivity contribution < 1.29 is 29.0 Å². The normalized spacial score (nSPS) is 21.9. The van der Waals surface area contributed by atoms with Gasteiger partial charge in [0.05, 0.1) is 24.1 Å². The van der Waals surface area contributed by atoms with Crippen LogP contribution in [-0.2, 0) is 9.53 Å². The lowest BCUT2D eigenvalue weighted by Gasteiger charge is -2.42. The van der Waals surface area contributed by atoms with Gasteiger partial charge in [0, 0.05) is 18.4 Å². The lowest BCUT2D eigenvalue weighted by Crippen LogP contribution is -2.53. The Morgan fingerprint density at radius 1 is 1.06 bits per heavy atom. The number of aliphatic carboxylic acids is 1. The highest BCUT2D eigenvalue weighted by Gasteiger charge is 2.39. The van der Waals surface area contributed by atoms with E-state index in [2.05, 4.69) is 10.6 Å². The van der Waals surface area contributed by atoms with E-state index in [0.717, 1.165) is 11.1 Å². The molecule has 9 heteroatoms. The minimum absolute atomic E-state index is 0.0727. The quantitative estimate of drug-likeness (QED) is 0.630. The second-order valence-electron chi connectivity index (χ2n) is 8.93. The number of aryl methyl sites for hydroxylation is 2. The molecule has 2 aromatic carbocycles. The third-order valence-electron chi connectivity index (χ3n) is 6.15. The Morgan fingerprint density at radius 3 is 2.47 bits per heavy atom. The van der Waals surface area contributed by atoms with Crippen LogP contribution in [0.15, 0.2) is 36.4 Å². The molecule has 3 atom stereocenters. The van der Waals surface area contributed by atoms with Crippen LogP contribution in [0, 0.1) is 13.8 Å². The number of hydrogen-bond acceptors (Lipinski definition) is 5. The fourth-order valence-corrected chi connectivity index (χ4v) is 4.64. The van der Waals surface area contributed by atoms with Crippen molar-refractivity contribution in [3.63, 3.8) is 0 Å². The third-order valence-corrected chi connectivity index (χ3v) is 6.15. The smallest absolute Gasteiger partial charge is 0.323 e. The molecule has 4 rings (SSSR count). The highest BCUT2D eigenvalue weighted by atomic mass is 16.5. The first kappa shape index (κ1) is 23.6. The van der Waals surface area contributed by atoms with Crippen LogP contribution >= 0.6 is 0 Å². The lowest BCUT2D eigenvalue weighted by atomic mass is 9.94. The summed E-state index contributed by atoms with van der Waals surface area (Å²) in [6.07, 6.45) is 0.294. The summed E-state index contributed by atoms with van der Waals surface area (Å²) in [6, 6.07) is 10.1. The molecule has 0 saturated carbocycles. The van der Waals surface area contributed by atoms with Crippen LogP contribution in [-0.4, -0.2) is 59.8 Å². The highest BCUT2D eigenvalue weighted by molar-refractivity contribution is 6.02. The van der Waals surface area contributed by atoms with E-state index in [-0.39, 0.29) is 25.0 Å². The van der Waals surface area contributed by atoms with Crippen LogP contribution in [0.1, 0.15) is 40.7 Å². The number of carbonyl (C=O) groups is 3. The average molecular weight is 468 g/mol. The topological polar surface area (TPSA) is 117 Å². The number of fused-ring (bicyclic) bond motifs is 2. The van der Waals surface area contributed by atoms with Crippen LogP contribution < -0.4 is 15.4 Å². The van der Waals surface area contributed by atoms with Gasteiger partial charge in [0.2, 0.25) is 0 Å². The summed E-state index contributed by atoms with van der Waals surface area (Å²) < 4.78 is 11.9. The summed E-state index contributed by atoms with van der Waals surface area (Å²) in [5, 5.41) is 14.7. The molecule has 0 radical (unpaired) electrons. The van der Waals surface area contributed by atoms with Crippen molar-refractivity contribution in [2.45, 2.75) is 51.4 Å². The molecule has 1 saturated heterocycles. The lowest BCUT2D eigenvalue weighted by molar-refractivity contribution is -0.148. The number of benzene rings is 2. The van der Waals surface area contributed by atoms with Gasteiger partial charge in [-0.1, -0.05) is 6.07 Å². The molecule has 34 heavy (non-hydrogen) atoms. The summed E-state index contributed by atoms with van der Waals surface area (Å²) >= 11 is 0. The number of carboxylic acid groups (broad SMARTS) is 1. The molecule has 3 N–H and O–H groups in total. The van der Waals surface area contributed by atoms with Crippen molar-refractivity contribution >= 4 is 29.3 Å². The first-order valence-corrected chi connectivity index (χ1v) is 11.3. The van der Waals surface area contributed by atoms with E-state index < -0.39 is 24.2 Å². The summed E-state index contributed by atoms with van der Waals surface area (Å²) in [4.78, 5) is 38.5. The zero-order valence-electron chi connectivity index (χ0n) is 19.5. The largest absolute Gasteiger partial charge is 0.490 e. The molecule has 2 aromatic rings. The number of carboxylic acids is 1. The summed E-state index contributed by atoms with van der Waals surface area (Å²) in [7, 11) is 1.71. The Bertz CT molecular complexity index is 1100. The van der Waals surface area contributed by atoms with Crippen molar-refractivity contribution in [2.75, 3.05) is 24.3 Å². The second-order valence-corrected chi connectivity index (χ2v) is 8.93. The van der Waals surface area contributed by atoms with Crippen LogP contribution in [0.2, 0.25) is 0 Å². The summed E-state index contributed by atoms with van der Waals surface area (Å²) in [5.41, 5.74) is 3.58. The van der Waals surface area contributed by atoms with E-state index in [1.54, 1.807) is 30.1 Å². The molecule has 9 nitrogen and oxygen atoms in total. The van der Waals surface area contributed by atoms with Crippen LogP contribution in [0.25, 0.3) is 0 Å². The molecule has 1 fully saturated rings. The van der Waals surface area contributed by atoms with E-state index in [1.807, 2.05) is 32.0 Å². The number of ether oxygens (including phenoxy) is 2. The van der Waals surface area contributed by atoms with Gasteiger partial charge < -0.3 is 30.1 Å². The zero-order chi connectivity index (χ0) is 24.4. The molecular weight excluding hydrogens is 438 g/mol. The van der Waals surface area contributed by atoms with Crippen LogP contribution in [0.3, 0.4) is 0 Å².